The van der Waals surface area contributed by atoms with Gasteiger partial charge in [0.05, 0.1) is 19.4 Å². The van der Waals surface area contributed by atoms with Gasteiger partial charge < -0.3 is 14.8 Å². The van der Waals surface area contributed by atoms with E-state index in [0.29, 0.717) is 35.7 Å². The summed E-state index contributed by atoms with van der Waals surface area (Å²) in [6, 6.07) is 3.71. The summed E-state index contributed by atoms with van der Waals surface area (Å²) in [6.07, 6.45) is 1.52. The molecule has 0 aliphatic heterocycles. The Kier molecular flexibility index (Phi) is 5.01. The van der Waals surface area contributed by atoms with E-state index in [4.69, 9.17) is 9.47 Å². The Labute approximate surface area is 131 Å². The van der Waals surface area contributed by atoms with Gasteiger partial charge >= 0.3 is 5.97 Å². The van der Waals surface area contributed by atoms with Crippen LogP contribution in [0, 0.1) is 0 Å². The molecule has 0 saturated carbocycles. The molecule has 0 amide bonds. The molecule has 0 fully saturated rings. The summed E-state index contributed by atoms with van der Waals surface area (Å²) in [4.78, 5) is 16.5. The van der Waals surface area contributed by atoms with Crippen molar-refractivity contribution in [2.75, 3.05) is 25.6 Å². The smallest absolute Gasteiger partial charge is 0.341 e. The lowest BCUT2D eigenvalue weighted by atomic mass is 10.1. The molecule has 6 heteroatoms. The van der Waals surface area contributed by atoms with Crippen molar-refractivity contribution >= 4 is 38.5 Å². The van der Waals surface area contributed by atoms with Crippen LogP contribution in [0.5, 0.6) is 5.75 Å². The highest BCUT2D eigenvalue weighted by molar-refractivity contribution is 9.10. The molecule has 21 heavy (non-hydrogen) atoms. The third-order valence-corrected chi connectivity index (χ3v) is 3.66. The van der Waals surface area contributed by atoms with Crippen LogP contribution >= 0.6 is 15.9 Å². The fourth-order valence-electron chi connectivity index (χ4n) is 2.13. The van der Waals surface area contributed by atoms with E-state index in [-0.39, 0.29) is 0 Å². The van der Waals surface area contributed by atoms with Gasteiger partial charge in [-0.05, 0) is 26.0 Å². The standard InChI is InChI=1S/C15H17BrN2O3/c1-4-17-13-9(15(19)21-5-2)8-18-14-11(20-3)7-6-10(16)12(13)14/h6-8H,4-5H2,1-3H3,(H,17,18). The number of carbonyl (C=O) groups excluding carboxylic acids is 1. The van der Waals surface area contributed by atoms with E-state index in [1.807, 2.05) is 19.1 Å². The normalized spacial score (nSPS) is 10.5. The number of nitrogens with one attached hydrogen (secondary N) is 1. The van der Waals surface area contributed by atoms with Crippen molar-refractivity contribution < 1.29 is 14.3 Å². The number of halogens is 1. The number of esters is 1. The Bertz CT molecular complexity index is 674. The predicted molar refractivity (Wildman–Crippen MR) is 86.1 cm³/mol. The summed E-state index contributed by atoms with van der Waals surface area (Å²) in [5.74, 6) is 0.264. The molecule has 0 saturated heterocycles. The van der Waals surface area contributed by atoms with Crippen LogP contribution in [0.15, 0.2) is 22.8 Å². The highest BCUT2D eigenvalue weighted by Gasteiger charge is 2.19. The van der Waals surface area contributed by atoms with Gasteiger partial charge in [0, 0.05) is 22.6 Å². The van der Waals surface area contributed by atoms with Crippen molar-refractivity contribution in [2.24, 2.45) is 0 Å². The Morgan fingerprint density at radius 1 is 1.38 bits per heavy atom. The molecule has 1 aromatic heterocycles. The maximum atomic E-state index is 12.1. The SMILES string of the molecule is CCNc1c(C(=O)OCC)cnc2c(OC)ccc(Br)c12. The van der Waals surface area contributed by atoms with E-state index in [9.17, 15) is 4.79 Å². The minimum atomic E-state index is -0.391. The molecule has 1 N–H and O–H groups in total. The van der Waals surface area contributed by atoms with Crippen LogP contribution in [0.4, 0.5) is 5.69 Å². The van der Waals surface area contributed by atoms with Crippen LogP contribution in [-0.4, -0.2) is 31.2 Å². The number of hydrogen-bond donors (Lipinski definition) is 1. The van der Waals surface area contributed by atoms with Gasteiger partial charge in [-0.1, -0.05) is 15.9 Å². The zero-order valence-electron chi connectivity index (χ0n) is 12.2. The van der Waals surface area contributed by atoms with Gasteiger partial charge in [-0.3, -0.25) is 4.98 Å². The summed E-state index contributed by atoms with van der Waals surface area (Å²) < 4.78 is 11.3. The number of carbonyl (C=O) groups is 1. The molecule has 112 valence electrons. The van der Waals surface area contributed by atoms with Crippen LogP contribution < -0.4 is 10.1 Å². The van der Waals surface area contributed by atoms with Gasteiger partial charge in [-0.15, -0.1) is 0 Å². The number of rotatable bonds is 5. The lowest BCUT2D eigenvalue weighted by Gasteiger charge is -2.15. The van der Waals surface area contributed by atoms with Crippen LogP contribution in [0.1, 0.15) is 24.2 Å². The van der Waals surface area contributed by atoms with E-state index in [0.717, 1.165) is 9.86 Å². The number of pyridine rings is 1. The first kappa shape index (κ1) is 15.6. The molecule has 0 unspecified atom stereocenters. The van der Waals surface area contributed by atoms with Crippen LogP contribution in [0.2, 0.25) is 0 Å². The maximum Gasteiger partial charge on any atom is 0.341 e. The number of aromatic nitrogens is 1. The Balaban J connectivity index is 2.75. The molecule has 0 atom stereocenters. The van der Waals surface area contributed by atoms with E-state index in [1.165, 1.54) is 6.20 Å². The second-order valence-corrected chi connectivity index (χ2v) is 5.13. The Morgan fingerprint density at radius 3 is 2.76 bits per heavy atom. The van der Waals surface area contributed by atoms with E-state index in [2.05, 4.69) is 26.2 Å². The topological polar surface area (TPSA) is 60.5 Å². The van der Waals surface area contributed by atoms with Crippen molar-refractivity contribution in [1.82, 2.24) is 4.98 Å². The molecule has 1 heterocycles. The number of benzene rings is 1. The Morgan fingerprint density at radius 2 is 2.14 bits per heavy atom. The second-order valence-electron chi connectivity index (χ2n) is 4.27. The average molecular weight is 353 g/mol. The van der Waals surface area contributed by atoms with Crippen molar-refractivity contribution in [3.05, 3.63) is 28.4 Å². The van der Waals surface area contributed by atoms with Crippen molar-refractivity contribution in [3.63, 3.8) is 0 Å². The van der Waals surface area contributed by atoms with Crippen molar-refractivity contribution in [3.8, 4) is 5.75 Å². The number of anilines is 1. The third kappa shape index (κ3) is 2.95. The number of fused-ring (bicyclic) bond motifs is 1. The Hall–Kier alpha value is -1.82. The fourth-order valence-corrected chi connectivity index (χ4v) is 2.65. The first-order valence-corrected chi connectivity index (χ1v) is 7.49. The lowest BCUT2D eigenvalue weighted by Crippen LogP contribution is -2.11. The van der Waals surface area contributed by atoms with Gasteiger partial charge in [-0.25, -0.2) is 4.79 Å². The second kappa shape index (κ2) is 6.76. The molecular formula is C15H17BrN2O3. The predicted octanol–water partition coefficient (Wildman–Crippen LogP) is 3.61. The molecule has 2 aromatic rings. The molecule has 0 aliphatic rings. The largest absolute Gasteiger partial charge is 0.494 e. The highest BCUT2D eigenvalue weighted by atomic mass is 79.9. The molecule has 5 nitrogen and oxygen atoms in total. The zero-order chi connectivity index (χ0) is 15.4. The maximum absolute atomic E-state index is 12.1. The van der Waals surface area contributed by atoms with E-state index < -0.39 is 5.97 Å². The molecule has 0 aliphatic carbocycles. The summed E-state index contributed by atoms with van der Waals surface area (Å²) in [6.45, 7) is 4.74. The number of nitrogens with zero attached hydrogens (tertiary/aromatic N) is 1. The van der Waals surface area contributed by atoms with Crippen LogP contribution in [0.3, 0.4) is 0 Å². The third-order valence-electron chi connectivity index (χ3n) is 3.00. The molecule has 0 bridgehead atoms. The van der Waals surface area contributed by atoms with Gasteiger partial charge in [-0.2, -0.15) is 0 Å². The van der Waals surface area contributed by atoms with Crippen LogP contribution in [-0.2, 0) is 4.74 Å². The quantitative estimate of drug-likeness (QED) is 0.832. The fraction of sp³-hybridized carbons (Fsp3) is 0.333. The first-order chi connectivity index (χ1) is 10.1. The van der Waals surface area contributed by atoms with Crippen molar-refractivity contribution in [2.45, 2.75) is 13.8 Å². The van der Waals surface area contributed by atoms with E-state index in [1.54, 1.807) is 14.0 Å². The molecule has 0 radical (unpaired) electrons. The zero-order valence-corrected chi connectivity index (χ0v) is 13.8. The highest BCUT2D eigenvalue weighted by Crippen LogP contribution is 2.37. The van der Waals surface area contributed by atoms with Gasteiger partial charge in [0.1, 0.15) is 16.8 Å². The van der Waals surface area contributed by atoms with Gasteiger partial charge in [0.25, 0.3) is 0 Å². The monoisotopic (exact) mass is 352 g/mol. The number of methoxy groups -OCH3 is 1. The lowest BCUT2D eigenvalue weighted by molar-refractivity contribution is 0.0527. The molecule has 0 spiro atoms. The van der Waals surface area contributed by atoms with Crippen LogP contribution in [0.25, 0.3) is 10.9 Å². The minimum Gasteiger partial charge on any atom is -0.494 e. The number of ether oxygens (including phenoxy) is 2. The van der Waals surface area contributed by atoms with Crippen molar-refractivity contribution in [1.29, 1.82) is 0 Å². The summed E-state index contributed by atoms with van der Waals surface area (Å²) in [7, 11) is 1.59. The first-order valence-electron chi connectivity index (χ1n) is 6.70. The molecule has 1 aromatic carbocycles. The summed E-state index contributed by atoms with van der Waals surface area (Å²) >= 11 is 3.52. The molecular weight excluding hydrogens is 336 g/mol. The van der Waals surface area contributed by atoms with E-state index >= 15 is 0 Å². The average Bonchev–Trinajstić information content (AvgIpc) is 2.48. The summed E-state index contributed by atoms with van der Waals surface area (Å²) in [5, 5.41) is 4.03. The number of hydrogen-bond acceptors (Lipinski definition) is 5. The minimum absolute atomic E-state index is 0.321. The summed E-state index contributed by atoms with van der Waals surface area (Å²) in [5.41, 5.74) is 1.81. The van der Waals surface area contributed by atoms with Gasteiger partial charge in [0.15, 0.2) is 0 Å². The molecule has 2 rings (SSSR count). The van der Waals surface area contributed by atoms with Gasteiger partial charge in [0.2, 0.25) is 0 Å².